The van der Waals surface area contributed by atoms with E-state index in [0.717, 1.165) is 0 Å². The first-order valence-electron chi connectivity index (χ1n) is 4.90. The van der Waals surface area contributed by atoms with Gasteiger partial charge in [0.1, 0.15) is 17.3 Å². The first-order chi connectivity index (χ1) is 8.09. The minimum Gasteiger partial charge on any atom is -0.434 e. The number of anilines is 1. The van der Waals surface area contributed by atoms with Gasteiger partial charge in [0.2, 0.25) is 0 Å². The van der Waals surface area contributed by atoms with Crippen LogP contribution in [0.1, 0.15) is 0 Å². The summed E-state index contributed by atoms with van der Waals surface area (Å²) >= 11 is 0. The van der Waals surface area contributed by atoms with E-state index in [1.165, 1.54) is 12.4 Å². The summed E-state index contributed by atoms with van der Waals surface area (Å²) in [7, 11) is 1.72. The van der Waals surface area contributed by atoms with Crippen molar-refractivity contribution < 1.29 is 13.5 Å². The van der Waals surface area contributed by atoms with Crippen molar-refractivity contribution >= 4 is 5.82 Å². The predicted octanol–water partition coefficient (Wildman–Crippen LogP) is 2.27. The maximum atomic E-state index is 12.2. The Hall–Kier alpha value is -2.11. The molecule has 90 valence electrons. The molecule has 2 N–H and O–H groups in total. The highest BCUT2D eigenvalue weighted by Gasteiger charge is 2.15. The molecule has 0 amide bonds. The van der Waals surface area contributed by atoms with Gasteiger partial charge in [-0.15, -0.1) is 0 Å². The summed E-state index contributed by atoms with van der Waals surface area (Å²) in [6.45, 7) is -2.87. The lowest BCUT2D eigenvalue weighted by atomic mass is 10.1. The third kappa shape index (κ3) is 2.20. The number of halogens is 2. The quantitative estimate of drug-likeness (QED) is 0.893. The molecule has 6 heteroatoms. The second kappa shape index (κ2) is 4.40. The summed E-state index contributed by atoms with van der Waals surface area (Å²) in [5.41, 5.74) is 6.68. The van der Waals surface area contributed by atoms with Gasteiger partial charge < -0.3 is 15.0 Å². The number of nitrogens with two attached hydrogens (primary N) is 1. The van der Waals surface area contributed by atoms with Crippen LogP contribution in [0.3, 0.4) is 0 Å². The highest BCUT2D eigenvalue weighted by molar-refractivity contribution is 5.75. The molecule has 0 saturated heterocycles. The fraction of sp³-hybridized carbons (Fsp3) is 0.182. The number of alkyl halides is 2. The van der Waals surface area contributed by atoms with Crippen molar-refractivity contribution in [2.45, 2.75) is 6.61 Å². The van der Waals surface area contributed by atoms with Gasteiger partial charge in [-0.1, -0.05) is 12.1 Å². The van der Waals surface area contributed by atoms with Gasteiger partial charge in [0, 0.05) is 12.6 Å². The Kier molecular flexibility index (Phi) is 2.95. The molecule has 0 atom stereocenters. The Labute approximate surface area is 96.6 Å². The number of aromatic nitrogens is 2. The van der Waals surface area contributed by atoms with E-state index in [9.17, 15) is 8.78 Å². The number of hydrogen-bond acceptors (Lipinski definition) is 3. The molecule has 1 heterocycles. The molecule has 1 aromatic heterocycles. The smallest absolute Gasteiger partial charge is 0.387 e. The van der Waals surface area contributed by atoms with Crippen LogP contribution in [0.25, 0.3) is 11.3 Å². The van der Waals surface area contributed by atoms with Gasteiger partial charge in [-0.25, -0.2) is 4.98 Å². The summed E-state index contributed by atoms with van der Waals surface area (Å²) in [6, 6.07) is 6.41. The van der Waals surface area contributed by atoms with Crippen LogP contribution in [0.15, 0.2) is 30.6 Å². The number of benzene rings is 1. The molecule has 1 aromatic carbocycles. The molecule has 17 heavy (non-hydrogen) atoms. The molecule has 0 aliphatic carbocycles. The number of nitrogen functional groups attached to an aromatic ring is 1. The van der Waals surface area contributed by atoms with Crippen LogP contribution in [0.4, 0.5) is 14.6 Å². The Balaban J connectivity index is 2.48. The predicted molar refractivity (Wildman–Crippen MR) is 59.7 cm³/mol. The zero-order chi connectivity index (χ0) is 12.4. The Morgan fingerprint density at radius 3 is 2.65 bits per heavy atom. The molecule has 0 unspecified atom stereocenters. The molecule has 0 fully saturated rings. The first-order valence-corrected chi connectivity index (χ1v) is 4.90. The van der Waals surface area contributed by atoms with E-state index in [1.807, 2.05) is 0 Å². The Morgan fingerprint density at radius 1 is 1.35 bits per heavy atom. The van der Waals surface area contributed by atoms with Gasteiger partial charge in [0.15, 0.2) is 0 Å². The second-order valence-electron chi connectivity index (χ2n) is 3.46. The van der Waals surface area contributed by atoms with E-state index >= 15 is 0 Å². The molecular formula is C11H11F2N3O. The monoisotopic (exact) mass is 239 g/mol. The lowest BCUT2D eigenvalue weighted by Crippen LogP contribution is -2.04. The highest BCUT2D eigenvalue weighted by atomic mass is 19.3. The molecule has 2 rings (SSSR count). The highest BCUT2D eigenvalue weighted by Crippen LogP contribution is 2.32. The largest absolute Gasteiger partial charge is 0.434 e. The SMILES string of the molecule is Cn1cnc(-c2ccccc2OC(F)F)c1N. The van der Waals surface area contributed by atoms with E-state index in [-0.39, 0.29) is 5.75 Å². The maximum absolute atomic E-state index is 12.2. The lowest BCUT2D eigenvalue weighted by molar-refractivity contribution is -0.0494. The van der Waals surface area contributed by atoms with E-state index < -0.39 is 6.61 Å². The van der Waals surface area contributed by atoms with Crippen molar-refractivity contribution in [3.05, 3.63) is 30.6 Å². The Morgan fingerprint density at radius 2 is 2.06 bits per heavy atom. The van der Waals surface area contributed by atoms with Crippen molar-refractivity contribution in [3.8, 4) is 17.0 Å². The summed E-state index contributed by atoms with van der Waals surface area (Å²) in [5.74, 6) is 0.461. The van der Waals surface area contributed by atoms with Crippen molar-refractivity contribution in [2.24, 2.45) is 7.05 Å². The fourth-order valence-corrected chi connectivity index (χ4v) is 1.51. The lowest BCUT2D eigenvalue weighted by Gasteiger charge is -2.09. The fourth-order valence-electron chi connectivity index (χ4n) is 1.51. The molecular weight excluding hydrogens is 228 g/mol. The van der Waals surface area contributed by atoms with E-state index in [1.54, 1.807) is 29.8 Å². The normalized spacial score (nSPS) is 10.8. The summed E-state index contributed by atoms with van der Waals surface area (Å²) in [5, 5.41) is 0. The maximum Gasteiger partial charge on any atom is 0.387 e. The molecule has 0 radical (unpaired) electrons. The number of aryl methyl sites for hydroxylation is 1. The average Bonchev–Trinajstić information content (AvgIpc) is 2.60. The Bertz CT molecular complexity index is 525. The third-order valence-corrected chi connectivity index (χ3v) is 2.34. The van der Waals surface area contributed by atoms with Crippen LogP contribution in [0, 0.1) is 0 Å². The minimum absolute atomic E-state index is 0.0629. The van der Waals surface area contributed by atoms with Crippen molar-refractivity contribution in [3.63, 3.8) is 0 Å². The average molecular weight is 239 g/mol. The van der Waals surface area contributed by atoms with E-state index in [0.29, 0.717) is 17.1 Å². The number of ether oxygens (including phenoxy) is 1. The number of nitrogens with zero attached hydrogens (tertiary/aromatic N) is 2. The molecule has 0 aliphatic rings. The zero-order valence-electron chi connectivity index (χ0n) is 9.10. The molecule has 0 bridgehead atoms. The van der Waals surface area contributed by atoms with Crippen molar-refractivity contribution in [2.75, 3.05) is 5.73 Å². The van der Waals surface area contributed by atoms with Gasteiger partial charge in [-0.2, -0.15) is 8.78 Å². The first kappa shape index (κ1) is 11.4. The van der Waals surface area contributed by atoms with Crippen LogP contribution < -0.4 is 10.5 Å². The topological polar surface area (TPSA) is 53.1 Å². The van der Waals surface area contributed by atoms with Crippen LogP contribution in [0.2, 0.25) is 0 Å². The van der Waals surface area contributed by atoms with Gasteiger partial charge in [-0.3, -0.25) is 0 Å². The number of hydrogen-bond donors (Lipinski definition) is 1. The second-order valence-corrected chi connectivity index (χ2v) is 3.46. The van der Waals surface area contributed by atoms with Crippen LogP contribution in [-0.4, -0.2) is 16.2 Å². The third-order valence-electron chi connectivity index (χ3n) is 2.34. The standard InChI is InChI=1S/C11H11F2N3O/c1-16-6-15-9(10(16)14)7-4-2-3-5-8(7)17-11(12)13/h2-6,11H,14H2,1H3. The van der Waals surface area contributed by atoms with E-state index in [2.05, 4.69) is 9.72 Å². The van der Waals surface area contributed by atoms with Crippen molar-refractivity contribution in [1.29, 1.82) is 0 Å². The van der Waals surface area contributed by atoms with Crippen LogP contribution in [-0.2, 0) is 7.05 Å². The minimum atomic E-state index is -2.87. The molecule has 0 aliphatic heterocycles. The number of imidazole rings is 1. The summed E-state index contributed by atoms with van der Waals surface area (Å²) in [6.07, 6.45) is 1.52. The van der Waals surface area contributed by atoms with Gasteiger partial charge in [0.25, 0.3) is 0 Å². The molecule has 0 spiro atoms. The van der Waals surface area contributed by atoms with Gasteiger partial charge in [0.05, 0.1) is 6.33 Å². The van der Waals surface area contributed by atoms with Crippen LogP contribution in [0.5, 0.6) is 5.75 Å². The molecule has 4 nitrogen and oxygen atoms in total. The number of para-hydroxylation sites is 1. The summed E-state index contributed by atoms with van der Waals surface area (Å²) in [4.78, 5) is 4.07. The molecule has 0 saturated carbocycles. The van der Waals surface area contributed by atoms with Crippen LogP contribution >= 0.6 is 0 Å². The summed E-state index contributed by atoms with van der Waals surface area (Å²) < 4.78 is 30.5. The van der Waals surface area contributed by atoms with Crippen molar-refractivity contribution in [1.82, 2.24) is 9.55 Å². The van der Waals surface area contributed by atoms with Gasteiger partial charge in [-0.05, 0) is 12.1 Å². The zero-order valence-corrected chi connectivity index (χ0v) is 9.10. The molecule has 2 aromatic rings. The number of rotatable bonds is 3. The van der Waals surface area contributed by atoms with Gasteiger partial charge >= 0.3 is 6.61 Å². The van der Waals surface area contributed by atoms with E-state index in [4.69, 9.17) is 5.73 Å².